The van der Waals surface area contributed by atoms with Crippen molar-refractivity contribution in [1.29, 1.82) is 0 Å². The fourth-order valence-corrected chi connectivity index (χ4v) is 4.31. The van der Waals surface area contributed by atoms with Crippen LogP contribution in [0.25, 0.3) is 0 Å². The number of pyridine rings is 1. The zero-order valence-electron chi connectivity index (χ0n) is 12.7. The van der Waals surface area contributed by atoms with E-state index in [2.05, 4.69) is 39.1 Å². The lowest BCUT2D eigenvalue weighted by Crippen LogP contribution is -2.47. The third-order valence-corrected chi connectivity index (χ3v) is 5.53. The predicted molar refractivity (Wildman–Crippen MR) is 84.8 cm³/mol. The maximum Gasteiger partial charge on any atom is 0.0271 e. The molecule has 3 aliphatic rings. The molecular formula is C18H25N3. The molecule has 0 amide bonds. The lowest BCUT2D eigenvalue weighted by Gasteiger charge is -2.37. The molecule has 1 aromatic heterocycles. The quantitative estimate of drug-likeness (QED) is 0.791. The molecule has 3 nitrogen and oxygen atoms in total. The second-order valence-electron chi connectivity index (χ2n) is 6.97. The molecule has 0 radical (unpaired) electrons. The molecule has 0 unspecified atom stereocenters. The first kappa shape index (κ1) is 13.5. The van der Waals surface area contributed by atoms with Crippen LogP contribution in [0.15, 0.2) is 36.7 Å². The molecule has 3 heteroatoms. The second kappa shape index (κ2) is 5.90. The summed E-state index contributed by atoms with van der Waals surface area (Å²) in [5.41, 5.74) is 1.39. The van der Waals surface area contributed by atoms with Crippen molar-refractivity contribution in [1.82, 2.24) is 14.8 Å². The summed E-state index contributed by atoms with van der Waals surface area (Å²) >= 11 is 0. The number of fused-ring (bicyclic) bond motifs is 2. The van der Waals surface area contributed by atoms with E-state index in [0.29, 0.717) is 0 Å². The van der Waals surface area contributed by atoms with Gasteiger partial charge < -0.3 is 4.90 Å². The van der Waals surface area contributed by atoms with Crippen LogP contribution in [-0.2, 0) is 6.54 Å². The fourth-order valence-electron chi connectivity index (χ4n) is 4.31. The van der Waals surface area contributed by atoms with Crippen LogP contribution < -0.4 is 0 Å². The number of nitrogens with zero attached hydrogens (tertiary/aromatic N) is 3. The van der Waals surface area contributed by atoms with Gasteiger partial charge >= 0.3 is 0 Å². The minimum absolute atomic E-state index is 0.893. The van der Waals surface area contributed by atoms with Crippen molar-refractivity contribution < 1.29 is 0 Å². The Labute approximate surface area is 127 Å². The third kappa shape index (κ3) is 3.04. The van der Waals surface area contributed by atoms with E-state index in [1.807, 2.05) is 12.4 Å². The Kier molecular flexibility index (Phi) is 3.78. The first-order valence-electron chi connectivity index (χ1n) is 8.39. The van der Waals surface area contributed by atoms with Gasteiger partial charge in [0.25, 0.3) is 0 Å². The molecule has 1 aromatic rings. The van der Waals surface area contributed by atoms with Gasteiger partial charge in [-0.15, -0.1) is 0 Å². The summed E-state index contributed by atoms with van der Waals surface area (Å²) in [5.74, 6) is 2.74. The zero-order valence-corrected chi connectivity index (χ0v) is 12.7. The normalized spacial score (nSPS) is 32.9. The van der Waals surface area contributed by atoms with Crippen LogP contribution in [-0.4, -0.2) is 47.5 Å². The molecule has 3 atom stereocenters. The van der Waals surface area contributed by atoms with E-state index >= 15 is 0 Å². The molecule has 1 saturated carbocycles. The molecule has 2 fully saturated rings. The molecule has 4 rings (SSSR count). The first-order chi connectivity index (χ1) is 10.4. The highest BCUT2D eigenvalue weighted by atomic mass is 15.3. The number of hydrogen-bond donors (Lipinski definition) is 0. The maximum absolute atomic E-state index is 4.09. The van der Waals surface area contributed by atoms with Gasteiger partial charge in [0.05, 0.1) is 0 Å². The van der Waals surface area contributed by atoms with E-state index in [-0.39, 0.29) is 0 Å². The number of rotatable bonds is 4. The van der Waals surface area contributed by atoms with Gasteiger partial charge in [-0.2, -0.15) is 0 Å². The van der Waals surface area contributed by atoms with Crippen LogP contribution in [0, 0.1) is 17.8 Å². The van der Waals surface area contributed by atoms with Gasteiger partial charge in [0.1, 0.15) is 0 Å². The first-order valence-corrected chi connectivity index (χ1v) is 8.39. The molecule has 1 aliphatic heterocycles. The summed E-state index contributed by atoms with van der Waals surface area (Å²) < 4.78 is 0. The smallest absolute Gasteiger partial charge is 0.0271 e. The molecule has 112 valence electrons. The predicted octanol–water partition coefficient (Wildman–Crippen LogP) is 2.41. The van der Waals surface area contributed by atoms with Gasteiger partial charge in [0.15, 0.2) is 0 Å². The Morgan fingerprint density at radius 3 is 2.38 bits per heavy atom. The molecule has 0 N–H and O–H groups in total. The van der Waals surface area contributed by atoms with Crippen LogP contribution in [0.2, 0.25) is 0 Å². The molecular weight excluding hydrogens is 258 g/mol. The van der Waals surface area contributed by atoms with Crippen molar-refractivity contribution in [3.8, 4) is 0 Å². The second-order valence-corrected chi connectivity index (χ2v) is 6.97. The largest absolute Gasteiger partial charge is 0.300 e. The molecule has 2 aliphatic carbocycles. The Hall–Kier alpha value is -1.19. The van der Waals surface area contributed by atoms with E-state index in [1.165, 1.54) is 51.1 Å². The number of aromatic nitrogens is 1. The lowest BCUT2D eigenvalue weighted by atomic mass is 9.93. The van der Waals surface area contributed by atoms with Crippen LogP contribution >= 0.6 is 0 Å². The highest BCUT2D eigenvalue weighted by Crippen LogP contribution is 2.43. The van der Waals surface area contributed by atoms with Gasteiger partial charge in [0, 0.05) is 51.7 Å². The highest BCUT2D eigenvalue weighted by Gasteiger charge is 2.36. The summed E-state index contributed by atoms with van der Waals surface area (Å²) in [7, 11) is 0. The molecule has 1 saturated heterocycles. The molecule has 21 heavy (non-hydrogen) atoms. The average Bonchev–Trinajstić information content (AvgIpc) is 3.13. The van der Waals surface area contributed by atoms with Gasteiger partial charge in [-0.3, -0.25) is 9.88 Å². The van der Waals surface area contributed by atoms with Crippen LogP contribution in [0.3, 0.4) is 0 Å². The minimum atomic E-state index is 0.893. The van der Waals surface area contributed by atoms with Crippen molar-refractivity contribution in [3.63, 3.8) is 0 Å². The summed E-state index contributed by atoms with van der Waals surface area (Å²) in [6, 6.07) is 4.27. The van der Waals surface area contributed by atoms with E-state index in [9.17, 15) is 0 Å². The van der Waals surface area contributed by atoms with E-state index in [1.54, 1.807) is 0 Å². The SMILES string of the molecule is C1=C[C@H]2C[C@@H]1C[C@H]2CN1CCN(Cc2ccncc2)CC1. The Morgan fingerprint density at radius 1 is 0.952 bits per heavy atom. The van der Waals surface area contributed by atoms with E-state index < -0.39 is 0 Å². The number of allylic oxidation sites excluding steroid dienone is 2. The number of piperazine rings is 1. The Bertz CT molecular complexity index is 490. The van der Waals surface area contributed by atoms with Crippen molar-refractivity contribution in [2.24, 2.45) is 17.8 Å². The standard InChI is InChI=1S/C18H25N3/c1-2-17-11-16(1)12-18(17)14-21-9-7-20(8-10-21)13-15-3-5-19-6-4-15/h1-6,16-18H,7-14H2/t16-,17+,18+/m1/s1. The monoisotopic (exact) mass is 283 g/mol. The minimum Gasteiger partial charge on any atom is -0.300 e. The molecule has 2 bridgehead atoms. The summed E-state index contributed by atoms with van der Waals surface area (Å²) in [6.07, 6.45) is 11.6. The van der Waals surface area contributed by atoms with E-state index in [0.717, 1.165) is 24.3 Å². The summed E-state index contributed by atoms with van der Waals surface area (Å²) in [5, 5.41) is 0. The molecule has 0 spiro atoms. The Balaban J connectivity index is 1.24. The maximum atomic E-state index is 4.09. The lowest BCUT2D eigenvalue weighted by molar-refractivity contribution is 0.108. The van der Waals surface area contributed by atoms with Crippen LogP contribution in [0.4, 0.5) is 0 Å². The van der Waals surface area contributed by atoms with Gasteiger partial charge in [-0.05, 0) is 48.3 Å². The highest BCUT2D eigenvalue weighted by molar-refractivity contribution is 5.11. The summed E-state index contributed by atoms with van der Waals surface area (Å²) in [4.78, 5) is 9.37. The molecule has 0 aromatic carbocycles. The van der Waals surface area contributed by atoms with Gasteiger partial charge in [0.2, 0.25) is 0 Å². The van der Waals surface area contributed by atoms with Crippen molar-refractivity contribution in [2.75, 3.05) is 32.7 Å². The van der Waals surface area contributed by atoms with Crippen LogP contribution in [0.1, 0.15) is 18.4 Å². The van der Waals surface area contributed by atoms with Crippen molar-refractivity contribution >= 4 is 0 Å². The van der Waals surface area contributed by atoms with Gasteiger partial charge in [-0.25, -0.2) is 0 Å². The van der Waals surface area contributed by atoms with Crippen molar-refractivity contribution in [3.05, 3.63) is 42.2 Å². The topological polar surface area (TPSA) is 19.4 Å². The third-order valence-electron chi connectivity index (χ3n) is 5.53. The molecule has 2 heterocycles. The van der Waals surface area contributed by atoms with Crippen LogP contribution in [0.5, 0.6) is 0 Å². The summed E-state index contributed by atoms with van der Waals surface area (Å²) in [6.45, 7) is 7.30. The van der Waals surface area contributed by atoms with Gasteiger partial charge in [-0.1, -0.05) is 12.2 Å². The Morgan fingerprint density at radius 2 is 1.71 bits per heavy atom. The average molecular weight is 283 g/mol. The van der Waals surface area contributed by atoms with E-state index in [4.69, 9.17) is 0 Å². The number of hydrogen-bond acceptors (Lipinski definition) is 3. The zero-order chi connectivity index (χ0) is 14.1. The van der Waals surface area contributed by atoms with Crippen molar-refractivity contribution in [2.45, 2.75) is 19.4 Å². The fraction of sp³-hybridized carbons (Fsp3) is 0.611.